The number of aromatic nitrogens is 1. The van der Waals surface area contributed by atoms with Crippen LogP contribution in [0.25, 0.3) is 0 Å². The summed E-state index contributed by atoms with van der Waals surface area (Å²) >= 11 is 0. The predicted octanol–water partition coefficient (Wildman–Crippen LogP) is 6.31. The van der Waals surface area contributed by atoms with Crippen molar-refractivity contribution >= 4 is 29.2 Å². The fourth-order valence-corrected chi connectivity index (χ4v) is 5.48. The molecule has 0 spiro atoms. The molecule has 0 aliphatic carbocycles. The zero-order valence-electron chi connectivity index (χ0n) is 28.6. The molecule has 0 fully saturated rings. The van der Waals surface area contributed by atoms with E-state index in [2.05, 4.69) is 15.6 Å². The van der Waals surface area contributed by atoms with E-state index in [-0.39, 0.29) is 48.9 Å². The van der Waals surface area contributed by atoms with Crippen LogP contribution in [0.15, 0.2) is 67.0 Å². The maximum Gasteiger partial charge on any atom is 0.416 e. The van der Waals surface area contributed by atoms with Crippen molar-refractivity contribution < 1.29 is 42.1 Å². The number of likely N-dealkylation sites (N-methyl/N-ethyl adjacent to an activating group) is 1. The van der Waals surface area contributed by atoms with Gasteiger partial charge in [0.05, 0.1) is 36.0 Å². The lowest BCUT2D eigenvalue weighted by Crippen LogP contribution is -2.48. The van der Waals surface area contributed by atoms with Gasteiger partial charge in [0.2, 0.25) is 0 Å². The monoisotopic (exact) mass is 699 g/mol. The second-order valence-electron chi connectivity index (χ2n) is 12.6. The first kappa shape index (κ1) is 38.1. The topological polar surface area (TPSA) is 133 Å². The highest BCUT2D eigenvalue weighted by Crippen LogP contribution is 2.31. The third kappa shape index (κ3) is 10.4. The SMILES string of the molecule is C[C@H]1CCCCO[C@H](CN(C)C(=O)Nc2ccc(C(F)(F)F)cc2)[C@@H](C)CN([C@@H](C)CO)C(=O)c2cc(NC(=O)c3ccncc3)ccc2O1. The van der Waals surface area contributed by atoms with E-state index in [1.807, 2.05) is 13.8 Å². The average molecular weight is 700 g/mol. The van der Waals surface area contributed by atoms with Crippen LogP contribution < -0.4 is 15.4 Å². The zero-order chi connectivity index (χ0) is 36.4. The lowest BCUT2D eigenvalue weighted by molar-refractivity contribution is -0.137. The lowest BCUT2D eigenvalue weighted by atomic mass is 10.0. The number of hydrogen-bond acceptors (Lipinski definition) is 7. The quantitative estimate of drug-likeness (QED) is 0.263. The van der Waals surface area contributed by atoms with Crippen molar-refractivity contribution in [2.24, 2.45) is 5.92 Å². The van der Waals surface area contributed by atoms with Gasteiger partial charge in [-0.1, -0.05) is 6.92 Å². The van der Waals surface area contributed by atoms with Gasteiger partial charge in [-0.3, -0.25) is 14.6 Å². The molecule has 0 radical (unpaired) electrons. The van der Waals surface area contributed by atoms with Crippen molar-refractivity contribution in [3.63, 3.8) is 0 Å². The standard InChI is InChI=1S/C36H44F3N5O6/c1-23-20-44(24(2)22-45)34(47)30-19-29(41-33(46)26-14-16-40-17-15-26)12-13-31(30)50-25(3)7-5-6-18-49-32(23)21-43(4)35(48)42-28-10-8-27(9-11-28)36(37,38)39/h8-17,19,23-25,32,45H,5-7,18,20-22H2,1-4H3,(H,41,46)(H,42,48)/t23-,24-,25-,32+/m0/s1. The fourth-order valence-electron chi connectivity index (χ4n) is 5.48. The molecule has 4 atom stereocenters. The molecule has 2 aromatic carbocycles. The van der Waals surface area contributed by atoms with E-state index in [9.17, 15) is 32.7 Å². The van der Waals surface area contributed by atoms with Gasteiger partial charge in [-0.25, -0.2) is 4.79 Å². The number of alkyl halides is 3. The number of hydrogen-bond donors (Lipinski definition) is 3. The Morgan fingerprint density at radius 3 is 2.38 bits per heavy atom. The van der Waals surface area contributed by atoms with Crippen LogP contribution in [0.2, 0.25) is 0 Å². The van der Waals surface area contributed by atoms with Crippen molar-refractivity contribution in [2.75, 3.05) is 44.0 Å². The average Bonchev–Trinajstić information content (AvgIpc) is 3.09. The van der Waals surface area contributed by atoms with Crippen LogP contribution in [-0.4, -0.2) is 89.3 Å². The van der Waals surface area contributed by atoms with Gasteiger partial charge in [0.1, 0.15) is 5.75 Å². The number of urea groups is 1. The van der Waals surface area contributed by atoms with Crippen LogP contribution in [0, 0.1) is 5.92 Å². The Morgan fingerprint density at radius 2 is 1.72 bits per heavy atom. The summed E-state index contributed by atoms with van der Waals surface area (Å²) in [7, 11) is 1.55. The summed E-state index contributed by atoms with van der Waals surface area (Å²) in [4.78, 5) is 47.1. The first-order chi connectivity index (χ1) is 23.8. The number of nitrogens with zero attached hydrogens (tertiary/aromatic N) is 3. The van der Waals surface area contributed by atoms with E-state index in [0.717, 1.165) is 18.6 Å². The molecule has 11 nitrogen and oxygen atoms in total. The molecule has 1 aliphatic heterocycles. The number of rotatable bonds is 7. The Morgan fingerprint density at radius 1 is 1.04 bits per heavy atom. The highest BCUT2D eigenvalue weighted by atomic mass is 19.4. The van der Waals surface area contributed by atoms with Crippen molar-refractivity contribution in [3.8, 4) is 5.75 Å². The molecule has 1 aromatic heterocycles. The minimum atomic E-state index is -4.49. The minimum Gasteiger partial charge on any atom is -0.490 e. The smallest absolute Gasteiger partial charge is 0.416 e. The summed E-state index contributed by atoms with van der Waals surface area (Å²) in [6.45, 7) is 5.82. The number of ether oxygens (including phenoxy) is 2. The van der Waals surface area contributed by atoms with Crippen LogP contribution in [-0.2, 0) is 10.9 Å². The third-order valence-electron chi connectivity index (χ3n) is 8.52. The summed E-state index contributed by atoms with van der Waals surface area (Å²) in [5.41, 5.74) is 0.359. The number of halogens is 3. The largest absolute Gasteiger partial charge is 0.490 e. The van der Waals surface area contributed by atoms with Gasteiger partial charge in [-0.05, 0) is 87.7 Å². The van der Waals surface area contributed by atoms with Gasteiger partial charge >= 0.3 is 12.2 Å². The van der Waals surface area contributed by atoms with E-state index in [1.54, 1.807) is 44.3 Å². The molecule has 50 heavy (non-hydrogen) atoms. The predicted molar refractivity (Wildman–Crippen MR) is 182 cm³/mol. The maximum atomic E-state index is 14.3. The number of benzene rings is 2. The first-order valence-corrected chi connectivity index (χ1v) is 16.5. The molecule has 0 saturated carbocycles. The summed E-state index contributed by atoms with van der Waals surface area (Å²) < 4.78 is 51.5. The van der Waals surface area contributed by atoms with Gasteiger partial charge in [0.15, 0.2) is 0 Å². The number of carbonyl (C=O) groups excluding carboxylic acids is 3. The molecule has 0 bridgehead atoms. The van der Waals surface area contributed by atoms with Gasteiger partial charge in [-0.15, -0.1) is 0 Å². The van der Waals surface area contributed by atoms with Gasteiger partial charge < -0.3 is 35.0 Å². The highest BCUT2D eigenvalue weighted by Gasteiger charge is 2.32. The summed E-state index contributed by atoms with van der Waals surface area (Å²) in [6, 6.07) is 11.0. The Labute approximate surface area is 289 Å². The Balaban J connectivity index is 1.57. The van der Waals surface area contributed by atoms with E-state index < -0.39 is 35.8 Å². The van der Waals surface area contributed by atoms with E-state index in [4.69, 9.17) is 9.47 Å². The van der Waals surface area contributed by atoms with Crippen molar-refractivity contribution in [1.29, 1.82) is 0 Å². The highest BCUT2D eigenvalue weighted by molar-refractivity contribution is 6.05. The Hall–Kier alpha value is -4.69. The van der Waals surface area contributed by atoms with Gasteiger partial charge in [0, 0.05) is 62.0 Å². The number of aliphatic hydroxyl groups excluding tert-OH is 1. The lowest BCUT2D eigenvalue weighted by Gasteiger charge is -2.35. The molecule has 1 aliphatic rings. The van der Waals surface area contributed by atoms with Gasteiger partial charge in [0.25, 0.3) is 11.8 Å². The second kappa shape index (κ2) is 17.3. The molecular formula is C36H44F3N5O6. The number of anilines is 2. The molecular weight excluding hydrogens is 655 g/mol. The van der Waals surface area contributed by atoms with Crippen LogP contribution in [0.5, 0.6) is 5.75 Å². The summed E-state index contributed by atoms with van der Waals surface area (Å²) in [5, 5.41) is 15.6. The van der Waals surface area contributed by atoms with Gasteiger partial charge in [-0.2, -0.15) is 13.2 Å². The van der Waals surface area contributed by atoms with Crippen molar-refractivity contribution in [2.45, 2.75) is 64.5 Å². The molecule has 2 heterocycles. The van der Waals surface area contributed by atoms with Crippen LogP contribution in [0.3, 0.4) is 0 Å². The molecule has 14 heteroatoms. The zero-order valence-corrected chi connectivity index (χ0v) is 28.6. The Bertz CT molecular complexity index is 1590. The molecule has 0 unspecified atom stereocenters. The number of aliphatic hydroxyl groups is 1. The van der Waals surface area contributed by atoms with Crippen LogP contribution >= 0.6 is 0 Å². The number of nitrogens with one attached hydrogen (secondary N) is 2. The van der Waals surface area contributed by atoms with Crippen molar-refractivity contribution in [1.82, 2.24) is 14.8 Å². The minimum absolute atomic E-state index is 0.116. The number of amides is 4. The molecule has 4 rings (SSSR count). The Kier molecular flexibility index (Phi) is 13.2. The van der Waals surface area contributed by atoms with E-state index >= 15 is 0 Å². The molecule has 3 N–H and O–H groups in total. The third-order valence-corrected chi connectivity index (χ3v) is 8.52. The van der Waals surface area contributed by atoms with Crippen LogP contribution in [0.4, 0.5) is 29.3 Å². The van der Waals surface area contributed by atoms with Crippen LogP contribution in [0.1, 0.15) is 66.3 Å². The molecule has 270 valence electrons. The number of fused-ring (bicyclic) bond motifs is 1. The molecule has 0 saturated heterocycles. The number of carbonyl (C=O) groups is 3. The fraction of sp³-hybridized carbons (Fsp3) is 0.444. The van der Waals surface area contributed by atoms with Crippen molar-refractivity contribution in [3.05, 3.63) is 83.7 Å². The molecule has 3 aromatic rings. The summed E-state index contributed by atoms with van der Waals surface area (Å²) in [5.74, 6) is -0.799. The normalized spacial score (nSPS) is 19.7. The first-order valence-electron chi connectivity index (χ1n) is 16.5. The summed E-state index contributed by atoms with van der Waals surface area (Å²) in [6.07, 6.45) is -0.122. The second-order valence-corrected chi connectivity index (χ2v) is 12.6. The van der Waals surface area contributed by atoms with E-state index in [0.29, 0.717) is 36.4 Å². The maximum absolute atomic E-state index is 14.3. The number of pyridine rings is 1. The molecule has 4 amide bonds. The van der Waals surface area contributed by atoms with E-state index in [1.165, 1.54) is 34.3 Å².